The van der Waals surface area contributed by atoms with E-state index in [2.05, 4.69) is 10.4 Å². The Morgan fingerprint density at radius 1 is 1.29 bits per heavy atom. The quantitative estimate of drug-likeness (QED) is 0.845. The van der Waals surface area contributed by atoms with Crippen molar-refractivity contribution >= 4 is 11.8 Å². The van der Waals surface area contributed by atoms with Gasteiger partial charge in [0.25, 0.3) is 5.91 Å². The van der Waals surface area contributed by atoms with Crippen molar-refractivity contribution in [2.75, 3.05) is 19.7 Å². The van der Waals surface area contributed by atoms with Crippen molar-refractivity contribution in [2.24, 2.45) is 7.05 Å². The lowest BCUT2D eigenvalue weighted by Crippen LogP contribution is -2.44. The number of aryl methyl sites for hydroxylation is 1. The van der Waals surface area contributed by atoms with E-state index in [-0.39, 0.29) is 30.6 Å². The monoisotopic (exact) mass is 334 g/mol. The average molecular weight is 334 g/mol. The molecule has 3 rings (SSSR count). The molecule has 2 heterocycles. The Bertz CT molecular complexity index is 580. The summed E-state index contributed by atoms with van der Waals surface area (Å²) in [5.41, 5.74) is 0.401. The van der Waals surface area contributed by atoms with Crippen LogP contribution in [-0.4, -0.2) is 58.3 Å². The molecule has 132 valence electrons. The van der Waals surface area contributed by atoms with Crippen LogP contribution < -0.4 is 5.32 Å². The Morgan fingerprint density at radius 3 is 2.79 bits per heavy atom. The van der Waals surface area contributed by atoms with Gasteiger partial charge in [0, 0.05) is 32.4 Å². The van der Waals surface area contributed by atoms with Gasteiger partial charge in [0.1, 0.15) is 12.3 Å². The lowest BCUT2D eigenvalue weighted by Gasteiger charge is -2.25. The minimum absolute atomic E-state index is 0.0384. The van der Waals surface area contributed by atoms with Crippen LogP contribution in [-0.2, 0) is 16.6 Å². The van der Waals surface area contributed by atoms with Gasteiger partial charge >= 0.3 is 0 Å². The molecule has 1 saturated heterocycles. The summed E-state index contributed by atoms with van der Waals surface area (Å²) in [4.78, 5) is 26.3. The molecule has 7 heteroatoms. The van der Waals surface area contributed by atoms with E-state index in [0.717, 1.165) is 32.2 Å². The van der Waals surface area contributed by atoms with Crippen molar-refractivity contribution in [3.63, 3.8) is 0 Å². The zero-order valence-corrected chi connectivity index (χ0v) is 14.2. The SMILES string of the molecule is Cn1ccc(C(=O)NCC2CCCN2C(=O)COC2CCCC2)n1. The zero-order chi connectivity index (χ0) is 16.9. The molecular formula is C17H26N4O3. The van der Waals surface area contributed by atoms with Gasteiger partial charge in [-0.3, -0.25) is 14.3 Å². The molecule has 2 aliphatic rings. The normalized spacial score (nSPS) is 21.4. The van der Waals surface area contributed by atoms with Crippen LogP contribution in [0.3, 0.4) is 0 Å². The molecule has 0 spiro atoms. The first-order chi connectivity index (χ1) is 11.6. The Kier molecular flexibility index (Phi) is 5.50. The highest BCUT2D eigenvalue weighted by atomic mass is 16.5. The van der Waals surface area contributed by atoms with Crippen LogP contribution in [0.5, 0.6) is 0 Å². The maximum absolute atomic E-state index is 12.4. The molecule has 1 aliphatic heterocycles. The molecule has 24 heavy (non-hydrogen) atoms. The van der Waals surface area contributed by atoms with E-state index in [1.165, 1.54) is 12.8 Å². The minimum Gasteiger partial charge on any atom is -0.368 e. The lowest BCUT2D eigenvalue weighted by atomic mass is 10.2. The molecule has 2 amide bonds. The molecule has 1 aromatic heterocycles. The number of amides is 2. The van der Waals surface area contributed by atoms with Crippen molar-refractivity contribution in [3.8, 4) is 0 Å². The number of carbonyl (C=O) groups excluding carboxylic acids is 2. The topological polar surface area (TPSA) is 76.5 Å². The molecule has 0 bridgehead atoms. The lowest BCUT2D eigenvalue weighted by molar-refractivity contribution is -0.138. The number of aromatic nitrogens is 2. The Morgan fingerprint density at radius 2 is 2.08 bits per heavy atom. The van der Waals surface area contributed by atoms with Gasteiger partial charge in [-0.15, -0.1) is 0 Å². The van der Waals surface area contributed by atoms with Gasteiger partial charge in [-0.25, -0.2) is 0 Å². The van der Waals surface area contributed by atoms with Crippen LogP contribution in [0.1, 0.15) is 49.0 Å². The van der Waals surface area contributed by atoms with E-state index in [4.69, 9.17) is 4.74 Å². The predicted molar refractivity (Wildman–Crippen MR) is 88.5 cm³/mol. The third kappa shape index (κ3) is 4.14. The van der Waals surface area contributed by atoms with Crippen LogP contribution in [0, 0.1) is 0 Å². The Balaban J connectivity index is 1.45. The van der Waals surface area contributed by atoms with Crippen molar-refractivity contribution in [3.05, 3.63) is 18.0 Å². The number of nitrogens with one attached hydrogen (secondary N) is 1. The average Bonchev–Trinajstić information content (AvgIpc) is 3.31. The molecular weight excluding hydrogens is 308 g/mol. The fourth-order valence-corrected chi connectivity index (χ4v) is 3.54. The van der Waals surface area contributed by atoms with Gasteiger partial charge < -0.3 is 15.0 Å². The molecule has 1 unspecified atom stereocenters. The second-order valence-electron chi connectivity index (χ2n) is 6.69. The molecule has 2 fully saturated rings. The van der Waals surface area contributed by atoms with Crippen LogP contribution in [0.2, 0.25) is 0 Å². The number of rotatable bonds is 6. The number of hydrogen-bond donors (Lipinski definition) is 1. The molecule has 1 aliphatic carbocycles. The first-order valence-electron chi connectivity index (χ1n) is 8.82. The predicted octanol–water partition coefficient (Wildman–Crippen LogP) is 1.10. The summed E-state index contributed by atoms with van der Waals surface area (Å²) in [6.45, 7) is 1.37. The first-order valence-corrected chi connectivity index (χ1v) is 8.82. The highest BCUT2D eigenvalue weighted by Crippen LogP contribution is 2.22. The summed E-state index contributed by atoms with van der Waals surface area (Å²) in [6, 6.07) is 1.74. The summed E-state index contributed by atoms with van der Waals surface area (Å²) >= 11 is 0. The van der Waals surface area contributed by atoms with E-state index >= 15 is 0 Å². The molecule has 7 nitrogen and oxygen atoms in total. The van der Waals surface area contributed by atoms with Gasteiger partial charge in [0.15, 0.2) is 0 Å². The standard InChI is InChI=1S/C17H26N4O3/c1-20-10-8-15(19-20)17(23)18-11-13-5-4-9-21(13)16(22)12-24-14-6-2-3-7-14/h8,10,13-14H,2-7,9,11-12H2,1H3,(H,18,23). The third-order valence-electron chi connectivity index (χ3n) is 4.89. The van der Waals surface area contributed by atoms with Gasteiger partial charge in [-0.05, 0) is 31.7 Å². The van der Waals surface area contributed by atoms with Crippen LogP contribution >= 0.6 is 0 Å². The maximum Gasteiger partial charge on any atom is 0.271 e. The summed E-state index contributed by atoms with van der Waals surface area (Å²) in [5.74, 6) is -0.159. The molecule has 0 aromatic carbocycles. The summed E-state index contributed by atoms with van der Waals surface area (Å²) < 4.78 is 7.33. The summed E-state index contributed by atoms with van der Waals surface area (Å²) in [6.07, 6.45) is 8.40. The van der Waals surface area contributed by atoms with Gasteiger partial charge in [-0.1, -0.05) is 12.8 Å². The molecule has 1 saturated carbocycles. The number of hydrogen-bond acceptors (Lipinski definition) is 4. The van der Waals surface area contributed by atoms with Gasteiger partial charge in [-0.2, -0.15) is 5.10 Å². The smallest absolute Gasteiger partial charge is 0.271 e. The second kappa shape index (κ2) is 7.79. The highest BCUT2D eigenvalue weighted by Gasteiger charge is 2.29. The van der Waals surface area contributed by atoms with E-state index in [1.54, 1.807) is 24.0 Å². The summed E-state index contributed by atoms with van der Waals surface area (Å²) in [5, 5.41) is 6.97. The number of ether oxygens (including phenoxy) is 1. The third-order valence-corrected chi connectivity index (χ3v) is 4.89. The fraction of sp³-hybridized carbons (Fsp3) is 0.706. The Labute approximate surface area is 142 Å². The van der Waals surface area contributed by atoms with Crippen molar-refractivity contribution in [2.45, 2.75) is 50.7 Å². The van der Waals surface area contributed by atoms with E-state index < -0.39 is 0 Å². The van der Waals surface area contributed by atoms with E-state index in [9.17, 15) is 9.59 Å². The van der Waals surface area contributed by atoms with Crippen molar-refractivity contribution in [1.29, 1.82) is 0 Å². The maximum atomic E-state index is 12.4. The second-order valence-corrected chi connectivity index (χ2v) is 6.69. The Hall–Kier alpha value is -1.89. The molecule has 1 N–H and O–H groups in total. The van der Waals surface area contributed by atoms with E-state index in [1.807, 2.05) is 4.90 Å². The van der Waals surface area contributed by atoms with E-state index in [0.29, 0.717) is 12.2 Å². The fourth-order valence-electron chi connectivity index (χ4n) is 3.54. The van der Waals surface area contributed by atoms with Gasteiger partial charge in [0.05, 0.1) is 6.10 Å². The number of likely N-dealkylation sites (tertiary alicyclic amines) is 1. The highest BCUT2D eigenvalue weighted by molar-refractivity contribution is 5.92. The van der Waals surface area contributed by atoms with Crippen LogP contribution in [0.4, 0.5) is 0 Å². The van der Waals surface area contributed by atoms with Crippen molar-refractivity contribution < 1.29 is 14.3 Å². The van der Waals surface area contributed by atoms with Crippen LogP contribution in [0.15, 0.2) is 12.3 Å². The summed E-state index contributed by atoms with van der Waals surface area (Å²) in [7, 11) is 1.78. The van der Waals surface area contributed by atoms with Crippen molar-refractivity contribution in [1.82, 2.24) is 20.0 Å². The number of carbonyl (C=O) groups is 2. The largest absolute Gasteiger partial charge is 0.368 e. The molecule has 0 radical (unpaired) electrons. The molecule has 1 aromatic rings. The van der Waals surface area contributed by atoms with Crippen LogP contribution in [0.25, 0.3) is 0 Å². The van der Waals surface area contributed by atoms with Gasteiger partial charge in [0.2, 0.25) is 5.91 Å². The molecule has 1 atom stereocenters. The zero-order valence-electron chi connectivity index (χ0n) is 14.2. The first kappa shape index (κ1) is 17.0. The minimum atomic E-state index is -0.197. The number of nitrogens with zero attached hydrogens (tertiary/aromatic N) is 3.